The molecule has 116 valence electrons. The minimum Gasteiger partial charge on any atom is -1.00 e. The summed E-state index contributed by atoms with van der Waals surface area (Å²) >= 11 is 8.59. The fraction of sp³-hybridized carbons (Fsp3) is 0.417. The number of nitrogens with zero attached hydrogens (tertiary/aromatic N) is 1. The van der Waals surface area contributed by atoms with Crippen molar-refractivity contribution in [3.63, 3.8) is 0 Å². The number of thioether (sulfide) groups is 1. The molecule has 2 N–H and O–H groups in total. The van der Waals surface area contributed by atoms with E-state index in [1.807, 2.05) is 23.6 Å². The van der Waals surface area contributed by atoms with Crippen molar-refractivity contribution in [2.75, 3.05) is 11.5 Å². The standard InChI is InChI=1S/C12H12Br2N2O2S2.BrH/c1-6-2-7(13)11(8(14)3-6)16-9-4-20(17,18)5-10(9)19-12(16)15;/h2-3,9-10,15H,4-5H2,1H3;1H. The van der Waals surface area contributed by atoms with Gasteiger partial charge in [-0.05, 0) is 68.2 Å². The summed E-state index contributed by atoms with van der Waals surface area (Å²) < 4.78 is 27.5. The van der Waals surface area contributed by atoms with Gasteiger partial charge in [0.1, 0.15) is 6.04 Å². The fourth-order valence-corrected chi connectivity index (χ4v) is 8.32. The molecule has 1 aromatic rings. The van der Waals surface area contributed by atoms with Crippen LogP contribution in [0.5, 0.6) is 0 Å². The minimum absolute atomic E-state index is 0. The van der Waals surface area contributed by atoms with Crippen LogP contribution >= 0.6 is 43.6 Å². The first-order valence-corrected chi connectivity index (χ1v) is 10.3. The number of sulfone groups is 1. The lowest BCUT2D eigenvalue weighted by atomic mass is 10.2. The quantitative estimate of drug-likeness (QED) is 0.502. The highest BCUT2D eigenvalue weighted by molar-refractivity contribution is 9.11. The Morgan fingerprint density at radius 1 is 1.29 bits per heavy atom. The van der Waals surface area contributed by atoms with E-state index in [9.17, 15) is 8.42 Å². The maximum atomic E-state index is 11.8. The summed E-state index contributed by atoms with van der Waals surface area (Å²) in [5, 5.41) is 0.695. The number of hydrogen-bond acceptors (Lipinski definition) is 4. The van der Waals surface area contributed by atoms with Gasteiger partial charge < -0.3 is 17.0 Å². The molecule has 9 heteroatoms. The van der Waals surface area contributed by atoms with Gasteiger partial charge in [0.15, 0.2) is 15.5 Å². The second-order valence-corrected chi connectivity index (χ2v) is 10.2. The van der Waals surface area contributed by atoms with Gasteiger partial charge in [-0.15, -0.1) is 0 Å². The second kappa shape index (κ2) is 6.14. The average molecular weight is 521 g/mol. The van der Waals surface area contributed by atoms with Crippen LogP contribution in [0.1, 0.15) is 5.56 Å². The van der Waals surface area contributed by atoms with Gasteiger partial charge >= 0.3 is 5.17 Å². The van der Waals surface area contributed by atoms with Crippen molar-refractivity contribution in [3.8, 4) is 0 Å². The lowest BCUT2D eigenvalue weighted by Gasteiger charge is -2.14. The van der Waals surface area contributed by atoms with Gasteiger partial charge in [-0.2, -0.15) is 0 Å². The average Bonchev–Trinajstić information content (AvgIpc) is 2.70. The Labute approximate surface area is 155 Å². The molecule has 4 nitrogen and oxygen atoms in total. The summed E-state index contributed by atoms with van der Waals surface area (Å²) in [6.07, 6.45) is 0. The first-order valence-electron chi connectivity index (χ1n) is 6.03. The van der Waals surface area contributed by atoms with Crippen molar-refractivity contribution in [3.05, 3.63) is 26.6 Å². The van der Waals surface area contributed by atoms with Crippen LogP contribution < -0.4 is 22.7 Å². The van der Waals surface area contributed by atoms with Crippen molar-refractivity contribution in [2.24, 2.45) is 5.73 Å². The van der Waals surface area contributed by atoms with Gasteiger partial charge in [0.2, 0.25) is 0 Å². The predicted molar refractivity (Wildman–Crippen MR) is 89.5 cm³/mol. The number of nitrogens with two attached hydrogens (primary N) is 1. The molecule has 3 rings (SSSR count). The van der Waals surface area contributed by atoms with Gasteiger partial charge in [0, 0.05) is 0 Å². The molecule has 0 aromatic heterocycles. The molecule has 0 bridgehead atoms. The number of amidine groups is 1. The molecular weight excluding hydrogens is 508 g/mol. The third kappa shape index (κ3) is 3.22. The highest BCUT2D eigenvalue weighted by atomic mass is 79.9. The van der Waals surface area contributed by atoms with E-state index >= 15 is 0 Å². The maximum absolute atomic E-state index is 11.8. The van der Waals surface area contributed by atoms with E-state index in [4.69, 9.17) is 5.73 Å². The molecule has 2 unspecified atom stereocenters. The molecule has 21 heavy (non-hydrogen) atoms. The monoisotopic (exact) mass is 518 g/mol. The summed E-state index contributed by atoms with van der Waals surface area (Å²) in [5.41, 5.74) is 8.16. The molecule has 1 saturated heterocycles. The second-order valence-electron chi connectivity index (χ2n) is 5.09. The summed E-state index contributed by atoms with van der Waals surface area (Å²) in [6.45, 7) is 2.01. The van der Waals surface area contributed by atoms with E-state index in [1.165, 1.54) is 11.8 Å². The first-order chi connectivity index (χ1) is 9.28. The largest absolute Gasteiger partial charge is 1.00 e. The molecule has 2 atom stereocenters. The van der Waals surface area contributed by atoms with Crippen molar-refractivity contribution in [2.45, 2.75) is 18.2 Å². The molecule has 1 fully saturated rings. The molecule has 0 spiro atoms. The van der Waals surface area contributed by atoms with Gasteiger partial charge in [0.05, 0.1) is 25.7 Å². The van der Waals surface area contributed by atoms with Crippen molar-refractivity contribution in [1.29, 1.82) is 0 Å². The van der Waals surface area contributed by atoms with Gasteiger partial charge in [-0.3, -0.25) is 5.73 Å². The van der Waals surface area contributed by atoms with Crippen LogP contribution in [0.15, 0.2) is 21.1 Å². The zero-order chi connectivity index (χ0) is 14.7. The van der Waals surface area contributed by atoms with Crippen LogP contribution in [-0.2, 0) is 9.84 Å². The topological polar surface area (TPSA) is 63.2 Å². The molecule has 1 aromatic carbocycles. The number of benzene rings is 1. The summed E-state index contributed by atoms with van der Waals surface area (Å²) in [5.74, 6) is 0.374. The van der Waals surface area contributed by atoms with E-state index in [0.717, 1.165) is 20.2 Å². The van der Waals surface area contributed by atoms with Gasteiger partial charge in [-0.1, -0.05) is 0 Å². The fourth-order valence-electron chi connectivity index (χ4n) is 2.72. The SMILES string of the molecule is Cc1cc(Br)c([N+]2=C(N)SC3CS(=O)(=O)CC32)c(Br)c1.[Br-]. The summed E-state index contributed by atoms with van der Waals surface area (Å²) in [7, 11) is -2.97. The predicted octanol–water partition coefficient (Wildman–Crippen LogP) is -0.605. The Morgan fingerprint density at radius 2 is 1.86 bits per heavy atom. The normalized spacial score (nSPS) is 26.6. The molecule has 2 heterocycles. The molecule has 0 saturated carbocycles. The minimum atomic E-state index is -2.97. The Balaban J connectivity index is 0.00000161. The Bertz CT molecular complexity index is 711. The van der Waals surface area contributed by atoms with Gasteiger partial charge in [-0.25, -0.2) is 13.0 Å². The Kier molecular flexibility index (Phi) is 5.20. The van der Waals surface area contributed by atoms with Crippen LogP contribution in [0.25, 0.3) is 0 Å². The molecule has 2 aliphatic rings. The molecule has 0 aliphatic carbocycles. The third-order valence-electron chi connectivity index (χ3n) is 3.52. The van der Waals surface area contributed by atoms with Crippen molar-refractivity contribution in [1.82, 2.24) is 0 Å². The maximum Gasteiger partial charge on any atom is 0.310 e. The van der Waals surface area contributed by atoms with E-state index in [-0.39, 0.29) is 39.8 Å². The van der Waals surface area contributed by atoms with E-state index in [2.05, 4.69) is 31.9 Å². The van der Waals surface area contributed by atoms with Crippen LogP contribution in [0, 0.1) is 6.92 Å². The van der Waals surface area contributed by atoms with E-state index in [1.54, 1.807) is 0 Å². The lowest BCUT2D eigenvalue weighted by molar-refractivity contribution is -0.472. The van der Waals surface area contributed by atoms with Gasteiger partial charge in [0.25, 0.3) is 0 Å². The smallest absolute Gasteiger partial charge is 0.310 e. The molecule has 0 radical (unpaired) electrons. The third-order valence-corrected chi connectivity index (χ3v) is 7.87. The van der Waals surface area contributed by atoms with E-state index < -0.39 is 9.84 Å². The van der Waals surface area contributed by atoms with Crippen molar-refractivity contribution < 1.29 is 30.0 Å². The highest BCUT2D eigenvalue weighted by Crippen LogP contribution is 2.42. The molecule has 0 amide bonds. The van der Waals surface area contributed by atoms with Crippen LogP contribution in [-0.4, -0.2) is 41.0 Å². The zero-order valence-corrected chi connectivity index (χ0v) is 17.4. The lowest BCUT2D eigenvalue weighted by Crippen LogP contribution is -3.00. The Hall–Kier alpha value is 0.430. The molecular formula is C12H13Br3N2O2S2. The summed E-state index contributed by atoms with van der Waals surface area (Å²) in [4.78, 5) is 0. The molecule has 2 aliphatic heterocycles. The highest BCUT2D eigenvalue weighted by Gasteiger charge is 2.50. The number of rotatable bonds is 1. The Morgan fingerprint density at radius 3 is 2.43 bits per heavy atom. The zero-order valence-electron chi connectivity index (χ0n) is 11.0. The van der Waals surface area contributed by atoms with Crippen molar-refractivity contribution >= 4 is 64.3 Å². The van der Waals surface area contributed by atoms with E-state index in [0.29, 0.717) is 5.17 Å². The van der Waals surface area contributed by atoms with Crippen LogP contribution in [0.4, 0.5) is 5.69 Å². The number of halogens is 3. The van der Waals surface area contributed by atoms with Crippen LogP contribution in [0.3, 0.4) is 0 Å². The first kappa shape index (κ1) is 17.8. The summed E-state index contributed by atoms with van der Waals surface area (Å²) in [6, 6.07) is 3.93. The number of hydrogen-bond donors (Lipinski definition) is 1. The number of fused-ring (bicyclic) bond motifs is 1. The number of aryl methyl sites for hydroxylation is 1. The van der Waals surface area contributed by atoms with Crippen LogP contribution in [0.2, 0.25) is 0 Å².